The van der Waals surface area contributed by atoms with Gasteiger partial charge in [-0.25, -0.2) is 4.79 Å². The zero-order chi connectivity index (χ0) is 24.4. The zero-order valence-corrected chi connectivity index (χ0v) is 18.1. The third-order valence-corrected chi connectivity index (χ3v) is 4.84. The molecule has 1 aliphatic heterocycles. The molecule has 3 rings (SSSR count). The Morgan fingerprint density at radius 3 is 2.55 bits per heavy atom. The van der Waals surface area contributed by atoms with Crippen LogP contribution in [0.5, 0.6) is 0 Å². The highest BCUT2D eigenvalue weighted by atomic mass is 19.4. The van der Waals surface area contributed by atoms with Crippen LogP contribution in [0.3, 0.4) is 0 Å². The Morgan fingerprint density at radius 1 is 1.21 bits per heavy atom. The van der Waals surface area contributed by atoms with Gasteiger partial charge in [-0.15, -0.1) is 0 Å². The summed E-state index contributed by atoms with van der Waals surface area (Å²) < 4.78 is 33.6. The van der Waals surface area contributed by atoms with Gasteiger partial charge >= 0.3 is 12.1 Å². The van der Waals surface area contributed by atoms with Crippen LogP contribution in [0.2, 0.25) is 0 Å². The van der Waals surface area contributed by atoms with E-state index in [1.54, 1.807) is 12.4 Å². The summed E-state index contributed by atoms with van der Waals surface area (Å²) in [5.41, 5.74) is 1.80. The first-order valence-corrected chi connectivity index (χ1v) is 10.4. The van der Waals surface area contributed by atoms with Crippen molar-refractivity contribution in [1.29, 1.82) is 0 Å². The molecule has 0 fully saturated rings. The second kappa shape index (κ2) is 12.0. The van der Waals surface area contributed by atoms with Gasteiger partial charge in [-0.3, -0.25) is 19.3 Å². The average molecular weight is 469 g/mol. The Bertz CT molecular complexity index is 933. The highest BCUT2D eigenvalue weighted by Gasteiger charge is 2.38. The van der Waals surface area contributed by atoms with Gasteiger partial charge in [0.2, 0.25) is 11.8 Å². The summed E-state index contributed by atoms with van der Waals surface area (Å²) in [6, 6.07) is 7.39. The number of carboxylic acids is 1. The van der Waals surface area contributed by atoms with Crippen LogP contribution in [0.25, 0.3) is 0 Å². The molecule has 9 nitrogen and oxygen atoms in total. The van der Waals surface area contributed by atoms with E-state index in [0.29, 0.717) is 32.5 Å². The van der Waals surface area contributed by atoms with E-state index in [1.807, 2.05) is 33.8 Å². The molecule has 180 valence electrons. The number of halogens is 3. The fourth-order valence-corrected chi connectivity index (χ4v) is 3.19. The fourth-order valence-electron chi connectivity index (χ4n) is 3.19. The number of hydrogen-bond acceptors (Lipinski definition) is 5. The Kier molecular flexibility index (Phi) is 9.37. The molecule has 0 aliphatic carbocycles. The van der Waals surface area contributed by atoms with Gasteiger partial charge in [-0.1, -0.05) is 19.4 Å². The molecular formula is C21H26F3N5O4. The number of aliphatic carboxylic acids is 1. The predicted octanol–water partition coefficient (Wildman–Crippen LogP) is 2.69. The number of hydrogen-bond donors (Lipinski definition) is 2. The van der Waals surface area contributed by atoms with E-state index in [1.165, 1.54) is 0 Å². The minimum Gasteiger partial charge on any atom is -0.475 e. The van der Waals surface area contributed by atoms with E-state index in [4.69, 9.17) is 9.90 Å². The summed E-state index contributed by atoms with van der Waals surface area (Å²) >= 11 is 0. The summed E-state index contributed by atoms with van der Waals surface area (Å²) in [4.78, 5) is 39.7. The van der Waals surface area contributed by atoms with Crippen molar-refractivity contribution >= 4 is 17.8 Å². The minimum absolute atomic E-state index is 0.0649. The molecule has 3 heterocycles. The SMILES string of the molecule is CCCCC(=O)N1Cc2ccnn2C(CC(=O)NCc2ccccn2)C1.O=C(O)C(F)(F)F. The molecule has 1 atom stereocenters. The van der Waals surface area contributed by atoms with Gasteiger partial charge in [0.1, 0.15) is 0 Å². The number of unbranched alkanes of at least 4 members (excludes halogenated alkanes) is 1. The number of carboxylic acid groups (broad SMARTS) is 1. The highest BCUT2D eigenvalue weighted by molar-refractivity contribution is 5.78. The number of rotatable bonds is 7. The standard InChI is InChI=1S/C19H25N5O2.C2HF3O2/c1-2-3-7-19(26)23-13-16-8-10-22-24(16)17(14-23)11-18(25)21-12-15-6-4-5-9-20-15;3-2(4,5)1(6)7/h4-6,8-10,17H,2-3,7,11-14H2,1H3,(H,21,25);(H,6,7). The highest BCUT2D eigenvalue weighted by Crippen LogP contribution is 2.24. The largest absolute Gasteiger partial charge is 0.490 e. The molecule has 0 spiro atoms. The smallest absolute Gasteiger partial charge is 0.475 e. The van der Waals surface area contributed by atoms with Gasteiger partial charge in [0, 0.05) is 25.4 Å². The first kappa shape index (κ1) is 25.8. The maximum Gasteiger partial charge on any atom is 0.490 e. The predicted molar refractivity (Wildman–Crippen MR) is 111 cm³/mol. The third-order valence-electron chi connectivity index (χ3n) is 4.84. The monoisotopic (exact) mass is 469 g/mol. The quantitative estimate of drug-likeness (QED) is 0.644. The Labute approximate surface area is 188 Å². The van der Waals surface area contributed by atoms with Crippen LogP contribution >= 0.6 is 0 Å². The van der Waals surface area contributed by atoms with Gasteiger partial charge in [0.25, 0.3) is 0 Å². The second-order valence-electron chi connectivity index (χ2n) is 7.40. The lowest BCUT2D eigenvalue weighted by molar-refractivity contribution is -0.192. The topological polar surface area (TPSA) is 117 Å². The van der Waals surface area contributed by atoms with Crippen molar-refractivity contribution in [2.24, 2.45) is 0 Å². The lowest BCUT2D eigenvalue weighted by Gasteiger charge is -2.33. The zero-order valence-electron chi connectivity index (χ0n) is 18.1. The average Bonchev–Trinajstić information content (AvgIpc) is 3.25. The van der Waals surface area contributed by atoms with Crippen LogP contribution in [0, 0.1) is 0 Å². The maximum absolute atomic E-state index is 12.4. The van der Waals surface area contributed by atoms with Crippen molar-refractivity contribution in [2.45, 2.75) is 57.9 Å². The van der Waals surface area contributed by atoms with Crippen LogP contribution in [0.4, 0.5) is 13.2 Å². The molecule has 0 saturated carbocycles. The number of pyridine rings is 1. The Hall–Kier alpha value is -3.44. The molecule has 2 N–H and O–H groups in total. The molecule has 2 aromatic heterocycles. The molecule has 12 heteroatoms. The van der Waals surface area contributed by atoms with E-state index >= 15 is 0 Å². The van der Waals surface area contributed by atoms with E-state index in [0.717, 1.165) is 24.2 Å². The fraction of sp³-hybridized carbons (Fsp3) is 0.476. The molecule has 33 heavy (non-hydrogen) atoms. The first-order chi connectivity index (χ1) is 15.6. The second-order valence-corrected chi connectivity index (χ2v) is 7.40. The number of nitrogens with zero attached hydrogens (tertiary/aromatic N) is 4. The van der Waals surface area contributed by atoms with Crippen LogP contribution < -0.4 is 5.32 Å². The number of aromatic nitrogens is 3. The number of amides is 2. The van der Waals surface area contributed by atoms with Crippen LogP contribution in [-0.4, -0.2) is 55.3 Å². The first-order valence-electron chi connectivity index (χ1n) is 10.4. The Morgan fingerprint density at radius 2 is 1.94 bits per heavy atom. The molecule has 2 aromatic rings. The van der Waals surface area contributed by atoms with Crippen molar-refractivity contribution in [3.63, 3.8) is 0 Å². The van der Waals surface area contributed by atoms with Gasteiger partial charge in [-0.2, -0.15) is 18.3 Å². The van der Waals surface area contributed by atoms with Crippen LogP contribution in [-0.2, 0) is 27.5 Å². The Balaban J connectivity index is 0.000000479. The summed E-state index contributed by atoms with van der Waals surface area (Å²) in [5.74, 6) is -2.67. The summed E-state index contributed by atoms with van der Waals surface area (Å²) in [6.45, 7) is 3.56. The lowest BCUT2D eigenvalue weighted by atomic mass is 10.1. The van der Waals surface area contributed by atoms with Crippen molar-refractivity contribution in [3.8, 4) is 0 Å². The van der Waals surface area contributed by atoms with E-state index in [-0.39, 0.29) is 17.9 Å². The van der Waals surface area contributed by atoms with Crippen molar-refractivity contribution in [3.05, 3.63) is 48.0 Å². The van der Waals surface area contributed by atoms with Gasteiger partial charge in [0.05, 0.1) is 36.9 Å². The molecule has 1 unspecified atom stereocenters. The number of fused-ring (bicyclic) bond motifs is 1. The normalized spacial score (nSPS) is 15.2. The van der Waals surface area contributed by atoms with E-state index < -0.39 is 12.1 Å². The number of carbonyl (C=O) groups is 3. The number of alkyl halides is 3. The number of nitrogens with one attached hydrogen (secondary N) is 1. The van der Waals surface area contributed by atoms with Crippen molar-refractivity contribution in [1.82, 2.24) is 25.0 Å². The molecule has 1 aliphatic rings. The van der Waals surface area contributed by atoms with Crippen LogP contribution in [0.15, 0.2) is 36.7 Å². The summed E-state index contributed by atoms with van der Waals surface area (Å²) in [6.07, 6.45) is 1.09. The van der Waals surface area contributed by atoms with Gasteiger partial charge < -0.3 is 15.3 Å². The molecule has 0 bridgehead atoms. The molecular weight excluding hydrogens is 443 g/mol. The molecule has 0 radical (unpaired) electrons. The lowest BCUT2D eigenvalue weighted by Crippen LogP contribution is -2.42. The minimum atomic E-state index is -5.08. The summed E-state index contributed by atoms with van der Waals surface area (Å²) in [5, 5.41) is 14.4. The molecule has 0 saturated heterocycles. The molecule has 0 aromatic carbocycles. The molecule has 2 amide bonds. The van der Waals surface area contributed by atoms with Crippen LogP contribution in [0.1, 0.15) is 50.0 Å². The third kappa shape index (κ3) is 8.20. The van der Waals surface area contributed by atoms with Gasteiger partial charge in [-0.05, 0) is 24.6 Å². The van der Waals surface area contributed by atoms with Crippen molar-refractivity contribution < 1.29 is 32.7 Å². The maximum atomic E-state index is 12.4. The van der Waals surface area contributed by atoms with E-state index in [9.17, 15) is 22.8 Å². The number of carbonyl (C=O) groups excluding carboxylic acids is 2. The van der Waals surface area contributed by atoms with E-state index in [2.05, 4.69) is 22.3 Å². The van der Waals surface area contributed by atoms with Gasteiger partial charge in [0.15, 0.2) is 0 Å². The summed E-state index contributed by atoms with van der Waals surface area (Å²) in [7, 11) is 0. The van der Waals surface area contributed by atoms with Crippen molar-refractivity contribution in [2.75, 3.05) is 6.54 Å².